The van der Waals surface area contributed by atoms with E-state index in [0.717, 1.165) is 18.4 Å². The Morgan fingerprint density at radius 3 is 2.71 bits per heavy atom. The molecule has 2 unspecified atom stereocenters. The zero-order chi connectivity index (χ0) is 10.2. The van der Waals surface area contributed by atoms with Crippen molar-refractivity contribution in [3.63, 3.8) is 0 Å². The van der Waals surface area contributed by atoms with Crippen molar-refractivity contribution in [3.05, 3.63) is 35.6 Å². The van der Waals surface area contributed by atoms with Crippen molar-refractivity contribution in [3.8, 4) is 0 Å². The summed E-state index contributed by atoms with van der Waals surface area (Å²) in [7, 11) is 0. The maximum atomic E-state index is 13.6. The summed E-state index contributed by atoms with van der Waals surface area (Å²) in [5.74, 6) is 0.471. The van der Waals surface area contributed by atoms with E-state index in [4.69, 9.17) is 5.73 Å². The Morgan fingerprint density at radius 1 is 1.50 bits per heavy atom. The molecule has 2 atom stereocenters. The molecule has 1 aromatic rings. The van der Waals surface area contributed by atoms with Gasteiger partial charge in [0.05, 0.1) is 0 Å². The fraction of sp³-hybridized carbons (Fsp3) is 0.500. The summed E-state index contributed by atoms with van der Waals surface area (Å²) in [6, 6.07) is 7.02. The van der Waals surface area contributed by atoms with Crippen molar-refractivity contribution >= 4 is 0 Å². The summed E-state index contributed by atoms with van der Waals surface area (Å²) in [5, 5.41) is 0. The molecule has 2 heteroatoms. The average Bonchev–Trinajstić information content (AvgIpc) is 2.93. The minimum atomic E-state index is -0.103. The van der Waals surface area contributed by atoms with Crippen LogP contribution in [0.4, 0.5) is 4.39 Å². The van der Waals surface area contributed by atoms with Crippen LogP contribution >= 0.6 is 0 Å². The molecule has 1 nitrogen and oxygen atoms in total. The van der Waals surface area contributed by atoms with Crippen LogP contribution in [0.15, 0.2) is 24.3 Å². The lowest BCUT2D eigenvalue weighted by Gasteiger charge is -2.15. The summed E-state index contributed by atoms with van der Waals surface area (Å²) < 4.78 is 13.6. The highest BCUT2D eigenvalue weighted by molar-refractivity contribution is 5.35. The molecule has 1 aliphatic rings. The van der Waals surface area contributed by atoms with Gasteiger partial charge in [0.25, 0.3) is 0 Å². The summed E-state index contributed by atoms with van der Waals surface area (Å²) in [6.07, 6.45) is 2.13. The Morgan fingerprint density at radius 2 is 2.21 bits per heavy atom. The summed E-state index contributed by atoms with van der Waals surface area (Å²) in [5.41, 5.74) is 6.53. The molecule has 2 N–H and O–H groups in total. The average molecular weight is 193 g/mol. The summed E-state index contributed by atoms with van der Waals surface area (Å²) >= 11 is 0. The van der Waals surface area contributed by atoms with Gasteiger partial charge in [0.1, 0.15) is 5.82 Å². The van der Waals surface area contributed by atoms with Crippen molar-refractivity contribution in [1.82, 2.24) is 0 Å². The van der Waals surface area contributed by atoms with Crippen LogP contribution in [0.5, 0.6) is 0 Å². The number of nitrogens with two attached hydrogens (primary N) is 1. The van der Waals surface area contributed by atoms with Crippen LogP contribution in [0.25, 0.3) is 0 Å². The maximum Gasteiger partial charge on any atom is 0.127 e. The van der Waals surface area contributed by atoms with Gasteiger partial charge in [0, 0.05) is 12.0 Å². The topological polar surface area (TPSA) is 26.0 Å². The lowest BCUT2D eigenvalue weighted by atomic mass is 9.92. The molecule has 0 heterocycles. The first-order chi connectivity index (χ1) is 6.74. The Bertz CT molecular complexity index is 337. The van der Waals surface area contributed by atoms with Gasteiger partial charge in [-0.05, 0) is 24.0 Å². The molecule has 76 valence electrons. The molecular weight excluding hydrogens is 177 g/mol. The van der Waals surface area contributed by atoms with Crippen LogP contribution in [-0.4, -0.2) is 6.54 Å². The molecule has 0 spiro atoms. The van der Waals surface area contributed by atoms with Crippen LogP contribution in [0.3, 0.4) is 0 Å². The normalized spacial score (nSPS) is 30.4. The van der Waals surface area contributed by atoms with Gasteiger partial charge >= 0.3 is 0 Å². The zero-order valence-electron chi connectivity index (χ0n) is 8.46. The van der Waals surface area contributed by atoms with Crippen LogP contribution in [0.1, 0.15) is 25.3 Å². The zero-order valence-corrected chi connectivity index (χ0v) is 8.46. The third-order valence-corrected chi connectivity index (χ3v) is 3.50. The SMILES string of the molecule is CCC1CC1(CN)c1ccccc1F. The predicted molar refractivity (Wildman–Crippen MR) is 55.5 cm³/mol. The molecule has 0 saturated heterocycles. The van der Waals surface area contributed by atoms with E-state index in [0.29, 0.717) is 12.5 Å². The Labute approximate surface area is 84.1 Å². The number of halogens is 1. The Hall–Kier alpha value is -0.890. The summed E-state index contributed by atoms with van der Waals surface area (Å²) in [4.78, 5) is 0. The molecule has 0 aliphatic heterocycles. The lowest BCUT2D eigenvalue weighted by molar-refractivity contribution is 0.539. The second-order valence-electron chi connectivity index (χ2n) is 4.15. The minimum Gasteiger partial charge on any atom is -0.330 e. The third kappa shape index (κ3) is 1.25. The number of hydrogen-bond acceptors (Lipinski definition) is 1. The first-order valence-corrected chi connectivity index (χ1v) is 5.19. The number of rotatable bonds is 3. The van der Waals surface area contributed by atoms with Crippen LogP contribution in [0.2, 0.25) is 0 Å². The second kappa shape index (κ2) is 3.35. The van der Waals surface area contributed by atoms with Crippen molar-refractivity contribution < 1.29 is 4.39 Å². The van der Waals surface area contributed by atoms with Gasteiger partial charge in [0.15, 0.2) is 0 Å². The van der Waals surface area contributed by atoms with Gasteiger partial charge in [-0.1, -0.05) is 31.5 Å². The van der Waals surface area contributed by atoms with E-state index in [1.54, 1.807) is 6.07 Å². The number of hydrogen-bond donors (Lipinski definition) is 1. The molecule has 2 rings (SSSR count). The highest BCUT2D eigenvalue weighted by Crippen LogP contribution is 2.55. The fourth-order valence-corrected chi connectivity index (χ4v) is 2.47. The van der Waals surface area contributed by atoms with Gasteiger partial charge in [-0.3, -0.25) is 0 Å². The van der Waals surface area contributed by atoms with E-state index in [-0.39, 0.29) is 11.2 Å². The van der Waals surface area contributed by atoms with Gasteiger partial charge in [-0.2, -0.15) is 0 Å². The first kappa shape index (κ1) is 9.66. The van der Waals surface area contributed by atoms with Crippen molar-refractivity contribution in [2.75, 3.05) is 6.54 Å². The number of benzene rings is 1. The predicted octanol–water partition coefficient (Wildman–Crippen LogP) is 2.45. The third-order valence-electron chi connectivity index (χ3n) is 3.50. The molecule has 0 aromatic heterocycles. The Kier molecular flexibility index (Phi) is 2.31. The van der Waals surface area contributed by atoms with E-state index in [2.05, 4.69) is 6.92 Å². The van der Waals surface area contributed by atoms with Gasteiger partial charge in [0.2, 0.25) is 0 Å². The molecule has 1 saturated carbocycles. The first-order valence-electron chi connectivity index (χ1n) is 5.19. The van der Waals surface area contributed by atoms with Crippen LogP contribution in [0, 0.1) is 11.7 Å². The van der Waals surface area contributed by atoms with Crippen LogP contribution in [-0.2, 0) is 5.41 Å². The largest absolute Gasteiger partial charge is 0.330 e. The van der Waals surface area contributed by atoms with Gasteiger partial charge < -0.3 is 5.73 Å². The van der Waals surface area contributed by atoms with Gasteiger partial charge in [-0.15, -0.1) is 0 Å². The minimum absolute atomic E-state index is 0.0555. The van der Waals surface area contributed by atoms with E-state index in [1.165, 1.54) is 6.07 Å². The highest BCUT2D eigenvalue weighted by Gasteiger charge is 2.53. The van der Waals surface area contributed by atoms with Crippen molar-refractivity contribution in [2.45, 2.75) is 25.2 Å². The van der Waals surface area contributed by atoms with E-state index in [1.807, 2.05) is 12.1 Å². The van der Waals surface area contributed by atoms with Crippen LogP contribution < -0.4 is 5.73 Å². The molecular formula is C12H16FN. The standard InChI is InChI=1S/C12H16FN/c1-2-9-7-12(9,8-14)10-5-3-4-6-11(10)13/h3-6,9H,2,7-8,14H2,1H3. The molecule has 0 amide bonds. The quantitative estimate of drug-likeness (QED) is 0.784. The summed E-state index contributed by atoms with van der Waals surface area (Å²) in [6.45, 7) is 2.70. The van der Waals surface area contributed by atoms with E-state index in [9.17, 15) is 4.39 Å². The smallest absolute Gasteiger partial charge is 0.127 e. The molecule has 1 aromatic carbocycles. The van der Waals surface area contributed by atoms with Gasteiger partial charge in [-0.25, -0.2) is 4.39 Å². The molecule has 14 heavy (non-hydrogen) atoms. The molecule has 1 fully saturated rings. The molecule has 0 bridgehead atoms. The monoisotopic (exact) mass is 193 g/mol. The van der Waals surface area contributed by atoms with E-state index >= 15 is 0 Å². The molecule has 1 aliphatic carbocycles. The highest BCUT2D eigenvalue weighted by atomic mass is 19.1. The Balaban J connectivity index is 2.35. The molecule has 0 radical (unpaired) electrons. The van der Waals surface area contributed by atoms with Crippen molar-refractivity contribution in [1.29, 1.82) is 0 Å². The maximum absolute atomic E-state index is 13.6. The van der Waals surface area contributed by atoms with Crippen molar-refractivity contribution in [2.24, 2.45) is 11.7 Å². The van der Waals surface area contributed by atoms with E-state index < -0.39 is 0 Å². The lowest BCUT2D eigenvalue weighted by Crippen LogP contribution is -2.23. The fourth-order valence-electron chi connectivity index (χ4n) is 2.47. The second-order valence-corrected chi connectivity index (χ2v) is 4.15.